The zero-order valence-corrected chi connectivity index (χ0v) is 19.0. The molecule has 9 heteroatoms. The number of aliphatic hydroxyl groups is 3. The van der Waals surface area contributed by atoms with Crippen LogP contribution in [0, 0.1) is 17.8 Å². The molecule has 34 heavy (non-hydrogen) atoms. The topological polar surface area (TPSA) is 170 Å². The van der Waals surface area contributed by atoms with Gasteiger partial charge in [0.15, 0.2) is 17.2 Å². The molecule has 2 unspecified atom stereocenters. The number of phenols is 1. The molecule has 3 aliphatic rings. The standard InChI is InChI=1S/C25H30N2O7/c1-3-5-27-10-13-6-11(4-2)15-8-12-7-14-9-16(28)19(24(26)33)23(32)25(14,34)22(31)17(12)21(30)18(15)20(13)29/h3,6,12,14,16,19,27-29,31,34H,1,4-5,7-10H2,2H3,(H2,26,33)/t12-,14+,16?,19?,25+/m1/s1. The lowest BCUT2D eigenvalue weighted by Crippen LogP contribution is -2.63. The number of aliphatic hydroxyl groups excluding tert-OH is 2. The molecule has 1 aromatic carbocycles. The van der Waals surface area contributed by atoms with Crippen molar-refractivity contribution in [3.63, 3.8) is 0 Å². The summed E-state index contributed by atoms with van der Waals surface area (Å²) >= 11 is 0. The number of carbonyl (C=O) groups is 3. The van der Waals surface area contributed by atoms with Crippen molar-refractivity contribution in [2.75, 3.05) is 6.54 Å². The predicted octanol–water partition coefficient (Wildman–Crippen LogP) is 0.584. The van der Waals surface area contributed by atoms with Crippen molar-refractivity contribution in [1.82, 2.24) is 5.32 Å². The van der Waals surface area contributed by atoms with Crippen molar-refractivity contribution < 1.29 is 34.8 Å². The molecule has 0 bridgehead atoms. The van der Waals surface area contributed by atoms with Crippen LogP contribution in [0.5, 0.6) is 5.75 Å². The molecule has 3 aliphatic carbocycles. The highest BCUT2D eigenvalue weighted by Crippen LogP contribution is 2.52. The number of fused-ring (bicyclic) bond motifs is 3. The number of aromatic hydroxyl groups is 1. The van der Waals surface area contributed by atoms with Crippen LogP contribution in [-0.2, 0) is 29.0 Å². The van der Waals surface area contributed by atoms with Crippen LogP contribution in [0.2, 0.25) is 0 Å². The fourth-order valence-electron chi connectivity index (χ4n) is 5.89. The number of amides is 1. The molecule has 0 aliphatic heterocycles. The number of primary amides is 1. The number of rotatable bonds is 6. The van der Waals surface area contributed by atoms with Gasteiger partial charge in [0.05, 0.1) is 11.7 Å². The van der Waals surface area contributed by atoms with Crippen LogP contribution in [0.1, 0.15) is 46.8 Å². The molecule has 1 amide bonds. The number of Topliss-reactive ketones (excluding diaryl/α,β-unsaturated/α-hetero) is 2. The Labute approximate surface area is 197 Å². The van der Waals surface area contributed by atoms with Gasteiger partial charge in [0.25, 0.3) is 0 Å². The molecule has 1 fully saturated rings. The van der Waals surface area contributed by atoms with Crippen LogP contribution in [0.3, 0.4) is 0 Å². The number of carbonyl (C=O) groups excluding carboxylic acids is 3. The van der Waals surface area contributed by atoms with Gasteiger partial charge in [-0.1, -0.05) is 19.1 Å². The molecule has 0 aromatic heterocycles. The predicted molar refractivity (Wildman–Crippen MR) is 122 cm³/mol. The second-order valence-electron chi connectivity index (χ2n) is 9.41. The number of phenolic OH excluding ortho intramolecular Hbond substituents is 1. The van der Waals surface area contributed by atoms with Crippen molar-refractivity contribution in [3.05, 3.63) is 52.3 Å². The van der Waals surface area contributed by atoms with Gasteiger partial charge in [0.2, 0.25) is 5.91 Å². The number of allylic oxidation sites excluding steroid dienone is 1. The number of benzene rings is 1. The summed E-state index contributed by atoms with van der Waals surface area (Å²) in [5.41, 5.74) is 4.80. The van der Waals surface area contributed by atoms with Gasteiger partial charge in [-0.05, 0) is 42.7 Å². The van der Waals surface area contributed by atoms with Crippen LogP contribution >= 0.6 is 0 Å². The van der Waals surface area contributed by atoms with E-state index in [1.165, 1.54) is 0 Å². The van der Waals surface area contributed by atoms with Crippen molar-refractivity contribution in [2.45, 2.75) is 50.9 Å². The van der Waals surface area contributed by atoms with E-state index in [0.29, 0.717) is 37.1 Å². The van der Waals surface area contributed by atoms with E-state index < -0.39 is 52.7 Å². The maximum Gasteiger partial charge on any atom is 0.230 e. The van der Waals surface area contributed by atoms with E-state index in [-0.39, 0.29) is 29.7 Å². The normalized spacial score (nSPS) is 30.4. The number of nitrogens with two attached hydrogens (primary N) is 1. The maximum atomic E-state index is 13.7. The van der Waals surface area contributed by atoms with Crippen molar-refractivity contribution in [3.8, 4) is 5.75 Å². The Morgan fingerprint density at radius 1 is 1.29 bits per heavy atom. The fraction of sp³-hybridized carbons (Fsp3) is 0.480. The van der Waals surface area contributed by atoms with Crippen LogP contribution in [0.15, 0.2) is 30.1 Å². The number of ketones is 2. The molecule has 0 saturated heterocycles. The minimum Gasteiger partial charge on any atom is -0.508 e. The lowest BCUT2D eigenvalue weighted by atomic mass is 9.57. The van der Waals surface area contributed by atoms with E-state index in [0.717, 1.165) is 5.56 Å². The van der Waals surface area contributed by atoms with Gasteiger partial charge >= 0.3 is 0 Å². The Morgan fingerprint density at radius 3 is 2.62 bits per heavy atom. The van der Waals surface area contributed by atoms with Crippen molar-refractivity contribution in [2.24, 2.45) is 23.5 Å². The Balaban J connectivity index is 1.85. The first-order chi connectivity index (χ1) is 16.1. The first kappa shape index (κ1) is 24.1. The molecule has 4 rings (SSSR count). The smallest absolute Gasteiger partial charge is 0.230 e. The number of nitrogens with one attached hydrogen (secondary N) is 1. The number of hydrogen-bond donors (Lipinski definition) is 6. The van der Waals surface area contributed by atoms with Crippen molar-refractivity contribution >= 4 is 17.5 Å². The quantitative estimate of drug-likeness (QED) is 0.199. The Hall–Kier alpha value is -3.01. The van der Waals surface area contributed by atoms with Gasteiger partial charge in [0.1, 0.15) is 17.4 Å². The molecule has 0 radical (unpaired) electrons. The number of hydrogen-bond acceptors (Lipinski definition) is 8. The summed E-state index contributed by atoms with van der Waals surface area (Å²) in [6.45, 7) is 6.38. The summed E-state index contributed by atoms with van der Waals surface area (Å²) in [7, 11) is 0. The van der Waals surface area contributed by atoms with Gasteiger partial charge < -0.3 is 31.5 Å². The molecular formula is C25H30N2O7. The Morgan fingerprint density at radius 2 is 2.00 bits per heavy atom. The zero-order valence-electron chi connectivity index (χ0n) is 19.0. The van der Waals surface area contributed by atoms with Crippen LogP contribution < -0.4 is 11.1 Å². The van der Waals surface area contributed by atoms with Gasteiger partial charge in [0, 0.05) is 30.1 Å². The molecule has 9 nitrogen and oxygen atoms in total. The third-order valence-corrected chi connectivity index (χ3v) is 7.55. The third kappa shape index (κ3) is 3.38. The number of aryl methyl sites for hydroxylation is 1. The Bertz CT molecular complexity index is 1120. The summed E-state index contributed by atoms with van der Waals surface area (Å²) in [6, 6.07) is 1.86. The maximum absolute atomic E-state index is 13.7. The van der Waals surface area contributed by atoms with E-state index >= 15 is 0 Å². The van der Waals surface area contributed by atoms with Crippen LogP contribution in [0.4, 0.5) is 0 Å². The molecule has 0 heterocycles. The molecule has 1 aromatic rings. The average Bonchev–Trinajstić information content (AvgIpc) is 2.77. The molecule has 5 atom stereocenters. The monoisotopic (exact) mass is 470 g/mol. The first-order valence-electron chi connectivity index (χ1n) is 11.5. The third-order valence-electron chi connectivity index (χ3n) is 7.55. The zero-order chi connectivity index (χ0) is 24.9. The lowest BCUT2D eigenvalue weighted by molar-refractivity contribution is -0.167. The van der Waals surface area contributed by atoms with Crippen molar-refractivity contribution in [1.29, 1.82) is 0 Å². The lowest BCUT2D eigenvalue weighted by Gasteiger charge is -2.48. The van der Waals surface area contributed by atoms with E-state index in [9.17, 15) is 34.8 Å². The second kappa shape index (κ2) is 8.65. The minimum atomic E-state index is -2.50. The SMILES string of the molecule is C=CCNCc1cc(CC)c2c(c1O)C(=O)C1=C(O)[C@]3(O)C(=O)C(C(N)=O)C(O)C[C@@H]3C[C@@H]1C2. The van der Waals surface area contributed by atoms with E-state index in [1.807, 2.05) is 13.0 Å². The summed E-state index contributed by atoms with van der Waals surface area (Å²) < 4.78 is 0. The highest BCUT2D eigenvalue weighted by Gasteiger charge is 2.62. The van der Waals surface area contributed by atoms with E-state index in [4.69, 9.17) is 5.73 Å². The van der Waals surface area contributed by atoms with Gasteiger partial charge in [-0.3, -0.25) is 14.4 Å². The highest BCUT2D eigenvalue weighted by molar-refractivity contribution is 6.15. The minimum absolute atomic E-state index is 0.0596. The summed E-state index contributed by atoms with van der Waals surface area (Å²) in [4.78, 5) is 38.5. The summed E-state index contributed by atoms with van der Waals surface area (Å²) in [6.07, 6.45) is 1.27. The molecule has 7 N–H and O–H groups in total. The van der Waals surface area contributed by atoms with Crippen LogP contribution in [0.25, 0.3) is 0 Å². The fourth-order valence-corrected chi connectivity index (χ4v) is 5.89. The van der Waals surface area contributed by atoms with E-state index in [1.54, 1.807) is 6.08 Å². The molecular weight excluding hydrogens is 440 g/mol. The van der Waals surface area contributed by atoms with Gasteiger partial charge in [-0.2, -0.15) is 0 Å². The van der Waals surface area contributed by atoms with Crippen LogP contribution in [-0.4, -0.2) is 56.1 Å². The highest BCUT2D eigenvalue weighted by atomic mass is 16.3. The summed E-state index contributed by atoms with van der Waals surface area (Å²) in [5, 5.41) is 46.9. The summed E-state index contributed by atoms with van der Waals surface area (Å²) in [5.74, 6) is -6.95. The molecule has 182 valence electrons. The van der Waals surface area contributed by atoms with Gasteiger partial charge in [-0.15, -0.1) is 6.58 Å². The van der Waals surface area contributed by atoms with E-state index in [2.05, 4.69) is 11.9 Å². The molecule has 0 spiro atoms. The Kier molecular flexibility index (Phi) is 6.14. The first-order valence-corrected chi connectivity index (χ1v) is 11.5. The largest absolute Gasteiger partial charge is 0.508 e. The average molecular weight is 471 g/mol. The molecule has 1 saturated carbocycles. The van der Waals surface area contributed by atoms with Gasteiger partial charge in [-0.25, -0.2) is 0 Å². The second-order valence-corrected chi connectivity index (χ2v) is 9.41.